The smallest absolute Gasteiger partial charge is 0.261 e. The molecular formula is C23H29N5O2. The second-order valence-corrected chi connectivity index (χ2v) is 7.80. The number of carbonyl (C=O) groups excluding carboxylic acids is 1. The first-order chi connectivity index (χ1) is 14.5. The van der Waals surface area contributed by atoms with Crippen molar-refractivity contribution in [2.75, 3.05) is 7.11 Å². The highest BCUT2D eigenvalue weighted by molar-refractivity contribution is 5.97. The van der Waals surface area contributed by atoms with E-state index in [0.717, 1.165) is 36.2 Å². The summed E-state index contributed by atoms with van der Waals surface area (Å²) in [7, 11) is 5.34. The average molecular weight is 408 g/mol. The number of hydrogen-bond acceptors (Lipinski definition) is 4. The molecule has 3 aromatic rings. The fraction of sp³-hybridized carbons (Fsp3) is 0.435. The summed E-state index contributed by atoms with van der Waals surface area (Å²) in [5, 5.41) is 9.13. The van der Waals surface area contributed by atoms with Crippen LogP contribution in [0.1, 0.15) is 54.3 Å². The number of carbonyl (C=O) groups is 1. The molecule has 2 unspecified atom stereocenters. The third-order valence-electron chi connectivity index (χ3n) is 6.11. The molecule has 30 heavy (non-hydrogen) atoms. The first-order valence-electron chi connectivity index (χ1n) is 10.5. The molecule has 2 atom stereocenters. The van der Waals surface area contributed by atoms with Crippen LogP contribution in [0.15, 0.2) is 36.5 Å². The van der Waals surface area contributed by atoms with Crippen molar-refractivity contribution >= 4 is 5.91 Å². The van der Waals surface area contributed by atoms with Gasteiger partial charge >= 0.3 is 0 Å². The van der Waals surface area contributed by atoms with Crippen molar-refractivity contribution < 1.29 is 9.53 Å². The van der Waals surface area contributed by atoms with Crippen LogP contribution in [-0.4, -0.2) is 43.5 Å². The lowest BCUT2D eigenvalue weighted by Gasteiger charge is -2.41. The first-order valence-corrected chi connectivity index (χ1v) is 10.5. The van der Waals surface area contributed by atoms with Gasteiger partial charge in [-0.3, -0.25) is 9.48 Å². The SMILES string of the molecule is CCC1Cc2c(nn(C)c2-c2ccccc2)C(CC)N1C(=O)c1cnn(C)c1OC. The fourth-order valence-corrected chi connectivity index (χ4v) is 4.73. The number of aromatic nitrogens is 4. The van der Waals surface area contributed by atoms with Gasteiger partial charge in [-0.2, -0.15) is 10.2 Å². The Hall–Kier alpha value is -3.09. The highest BCUT2D eigenvalue weighted by Crippen LogP contribution is 2.41. The van der Waals surface area contributed by atoms with Gasteiger partial charge in [0, 0.05) is 31.3 Å². The van der Waals surface area contributed by atoms with E-state index in [9.17, 15) is 4.79 Å². The summed E-state index contributed by atoms with van der Waals surface area (Å²) in [6.07, 6.45) is 4.05. The Bertz CT molecular complexity index is 1050. The number of rotatable bonds is 5. The molecule has 1 amide bonds. The molecule has 1 aromatic carbocycles. The lowest BCUT2D eigenvalue weighted by atomic mass is 9.87. The van der Waals surface area contributed by atoms with Crippen molar-refractivity contribution in [3.8, 4) is 17.1 Å². The van der Waals surface area contributed by atoms with Crippen molar-refractivity contribution in [1.29, 1.82) is 0 Å². The predicted molar refractivity (Wildman–Crippen MR) is 115 cm³/mol. The number of aryl methyl sites for hydroxylation is 2. The van der Waals surface area contributed by atoms with Gasteiger partial charge in [-0.05, 0) is 19.3 Å². The van der Waals surface area contributed by atoms with E-state index in [1.165, 1.54) is 5.56 Å². The molecule has 0 spiro atoms. The molecule has 1 aliphatic rings. The molecule has 0 aliphatic carbocycles. The molecule has 3 heterocycles. The standard InChI is InChI=1S/C23H29N5O2/c1-6-16-13-17-20(25-26(3)21(17)15-11-9-8-10-12-15)19(7-2)28(16)22(29)18-14-24-27(4)23(18)30-5/h8-12,14,16,19H,6-7,13H2,1-5H3. The number of nitrogens with zero attached hydrogens (tertiary/aromatic N) is 5. The molecule has 0 fully saturated rings. The highest BCUT2D eigenvalue weighted by Gasteiger charge is 2.41. The molecule has 0 N–H and O–H groups in total. The average Bonchev–Trinajstić information content (AvgIpc) is 3.30. The molecule has 0 saturated heterocycles. The Morgan fingerprint density at radius 3 is 2.50 bits per heavy atom. The van der Waals surface area contributed by atoms with Gasteiger partial charge in [0.1, 0.15) is 5.56 Å². The molecule has 0 radical (unpaired) electrons. The third kappa shape index (κ3) is 3.09. The van der Waals surface area contributed by atoms with Gasteiger partial charge in [0.05, 0.1) is 30.7 Å². The van der Waals surface area contributed by atoms with E-state index in [1.807, 2.05) is 22.7 Å². The highest BCUT2D eigenvalue weighted by atomic mass is 16.5. The van der Waals surface area contributed by atoms with Gasteiger partial charge in [0.25, 0.3) is 5.91 Å². The molecule has 0 bridgehead atoms. The summed E-state index contributed by atoms with van der Waals surface area (Å²) in [6, 6.07) is 10.4. The van der Waals surface area contributed by atoms with Crippen molar-refractivity contribution in [3.63, 3.8) is 0 Å². The van der Waals surface area contributed by atoms with Crippen molar-refractivity contribution in [1.82, 2.24) is 24.5 Å². The molecule has 158 valence electrons. The second kappa shape index (κ2) is 7.97. The molecule has 0 saturated carbocycles. The Morgan fingerprint density at radius 1 is 1.13 bits per heavy atom. The minimum Gasteiger partial charge on any atom is -0.481 e. The molecule has 7 heteroatoms. The monoisotopic (exact) mass is 407 g/mol. The van der Waals surface area contributed by atoms with Crippen LogP contribution in [0.2, 0.25) is 0 Å². The number of amides is 1. The molecule has 4 rings (SSSR count). The summed E-state index contributed by atoms with van der Waals surface area (Å²) >= 11 is 0. The Balaban J connectivity index is 1.82. The lowest BCUT2D eigenvalue weighted by Crippen LogP contribution is -2.47. The van der Waals surface area contributed by atoms with Gasteiger partial charge in [-0.15, -0.1) is 0 Å². The summed E-state index contributed by atoms with van der Waals surface area (Å²) in [4.78, 5) is 15.7. The minimum atomic E-state index is -0.0835. The zero-order chi connectivity index (χ0) is 21.4. The molecule has 7 nitrogen and oxygen atoms in total. The van der Waals surface area contributed by atoms with Gasteiger partial charge < -0.3 is 9.64 Å². The van der Waals surface area contributed by atoms with E-state index >= 15 is 0 Å². The molecular weight excluding hydrogens is 378 g/mol. The Kier molecular flexibility index (Phi) is 5.37. The van der Waals surface area contributed by atoms with Crippen LogP contribution >= 0.6 is 0 Å². The molecule has 2 aromatic heterocycles. The van der Waals surface area contributed by atoms with Gasteiger partial charge in [0.15, 0.2) is 0 Å². The van der Waals surface area contributed by atoms with Crippen LogP contribution in [0.5, 0.6) is 5.88 Å². The minimum absolute atomic E-state index is 0.0452. The maximum Gasteiger partial charge on any atom is 0.261 e. The summed E-state index contributed by atoms with van der Waals surface area (Å²) in [5.41, 5.74) is 5.06. The van der Waals surface area contributed by atoms with Crippen molar-refractivity contribution in [2.45, 2.75) is 45.2 Å². The number of benzene rings is 1. The van der Waals surface area contributed by atoms with Crippen LogP contribution in [0.3, 0.4) is 0 Å². The van der Waals surface area contributed by atoms with Crippen molar-refractivity contribution in [2.24, 2.45) is 14.1 Å². The zero-order valence-corrected chi connectivity index (χ0v) is 18.3. The predicted octanol–water partition coefficient (Wildman–Crippen LogP) is 3.76. The fourth-order valence-electron chi connectivity index (χ4n) is 4.73. The van der Waals surface area contributed by atoms with Crippen LogP contribution in [-0.2, 0) is 20.5 Å². The van der Waals surface area contributed by atoms with Gasteiger partial charge in [-0.25, -0.2) is 4.68 Å². The van der Waals surface area contributed by atoms with Crippen LogP contribution < -0.4 is 4.74 Å². The summed E-state index contributed by atoms with van der Waals surface area (Å²) in [6.45, 7) is 4.26. The zero-order valence-electron chi connectivity index (χ0n) is 18.3. The topological polar surface area (TPSA) is 65.2 Å². The van der Waals surface area contributed by atoms with Gasteiger partial charge in [0.2, 0.25) is 5.88 Å². The second-order valence-electron chi connectivity index (χ2n) is 7.80. The first kappa shape index (κ1) is 20.2. The molecule has 1 aliphatic heterocycles. The van der Waals surface area contributed by atoms with E-state index in [0.29, 0.717) is 11.4 Å². The quantitative estimate of drug-likeness (QED) is 0.646. The number of methoxy groups -OCH3 is 1. The maximum absolute atomic E-state index is 13.7. The lowest BCUT2D eigenvalue weighted by molar-refractivity contribution is 0.0509. The van der Waals surface area contributed by atoms with Crippen LogP contribution in [0.4, 0.5) is 0 Å². The van der Waals surface area contributed by atoms with E-state index in [-0.39, 0.29) is 18.0 Å². The summed E-state index contributed by atoms with van der Waals surface area (Å²) < 4.78 is 9.01. The maximum atomic E-state index is 13.7. The number of ether oxygens (including phenoxy) is 1. The van der Waals surface area contributed by atoms with Crippen LogP contribution in [0.25, 0.3) is 11.3 Å². The number of hydrogen-bond donors (Lipinski definition) is 0. The normalized spacial score (nSPS) is 18.4. The largest absolute Gasteiger partial charge is 0.481 e. The van der Waals surface area contributed by atoms with E-state index in [4.69, 9.17) is 9.84 Å². The third-order valence-corrected chi connectivity index (χ3v) is 6.11. The Morgan fingerprint density at radius 2 is 1.87 bits per heavy atom. The summed E-state index contributed by atoms with van der Waals surface area (Å²) in [5.74, 6) is 0.442. The number of fused-ring (bicyclic) bond motifs is 1. The van der Waals surface area contributed by atoms with E-state index in [2.05, 4.69) is 43.2 Å². The van der Waals surface area contributed by atoms with Gasteiger partial charge in [-0.1, -0.05) is 44.2 Å². The van der Waals surface area contributed by atoms with E-state index < -0.39 is 0 Å². The Labute approximate surface area is 177 Å². The van der Waals surface area contributed by atoms with Crippen molar-refractivity contribution in [3.05, 3.63) is 53.3 Å². The van der Waals surface area contributed by atoms with Crippen LogP contribution in [0, 0.1) is 0 Å². The van der Waals surface area contributed by atoms with E-state index in [1.54, 1.807) is 25.0 Å².